The van der Waals surface area contributed by atoms with Crippen LogP contribution in [0, 0.1) is 0 Å². The summed E-state index contributed by atoms with van der Waals surface area (Å²) in [4.78, 5) is 10.3. The van der Waals surface area contributed by atoms with Gasteiger partial charge in [0.15, 0.2) is 0 Å². The molecule has 0 radical (unpaired) electrons. The molecule has 0 rings (SSSR count). The molecule has 0 aromatic rings. The van der Waals surface area contributed by atoms with Crippen molar-refractivity contribution < 1.29 is 9.90 Å². The summed E-state index contributed by atoms with van der Waals surface area (Å²) >= 11 is 0. The van der Waals surface area contributed by atoms with E-state index in [1.165, 1.54) is 141 Å². The van der Waals surface area contributed by atoms with E-state index in [0.717, 1.165) is 12.5 Å². The third kappa shape index (κ3) is 30.4. The van der Waals surface area contributed by atoms with Crippen molar-refractivity contribution in [2.24, 2.45) is 0 Å². The molecule has 0 aromatic heterocycles. The van der Waals surface area contributed by atoms with Crippen molar-refractivity contribution in [2.45, 2.75) is 148 Å². The third-order valence-corrected chi connectivity index (χ3v) is 6.40. The summed E-state index contributed by atoms with van der Waals surface area (Å²) in [6.07, 6.45) is 45.5. The van der Waals surface area contributed by atoms with Crippen LogP contribution in [-0.4, -0.2) is 11.1 Å². The van der Waals surface area contributed by atoms with Crippen LogP contribution in [0.2, 0.25) is 0 Å². The minimum Gasteiger partial charge on any atom is -0.478 e. The number of aliphatic carboxylic acids is 1. The molecule has 0 bridgehead atoms. The van der Waals surface area contributed by atoms with Gasteiger partial charge >= 0.3 is 5.97 Å². The van der Waals surface area contributed by atoms with E-state index in [1.807, 2.05) is 18.2 Å². The minimum atomic E-state index is -0.918. The molecule has 0 saturated heterocycles. The average Bonchev–Trinajstić information content (AvgIpc) is 2.83. The van der Waals surface area contributed by atoms with E-state index in [-0.39, 0.29) is 0 Å². The van der Waals surface area contributed by atoms with Crippen LogP contribution in [-0.2, 0) is 4.79 Å². The van der Waals surface area contributed by atoms with E-state index in [0.29, 0.717) is 0 Å². The number of allylic oxidation sites excluding steroid dienone is 7. The van der Waals surface area contributed by atoms with Gasteiger partial charge in [-0.05, 0) is 12.8 Å². The summed E-state index contributed by atoms with van der Waals surface area (Å²) < 4.78 is 0. The van der Waals surface area contributed by atoms with Crippen molar-refractivity contribution in [3.8, 4) is 0 Å². The first-order chi connectivity index (χ1) is 16.8. The molecule has 34 heavy (non-hydrogen) atoms. The Labute approximate surface area is 212 Å². The van der Waals surface area contributed by atoms with Crippen molar-refractivity contribution in [1.82, 2.24) is 0 Å². The zero-order valence-corrected chi connectivity index (χ0v) is 22.5. The molecule has 0 spiro atoms. The molecule has 0 aromatic carbocycles. The fourth-order valence-corrected chi connectivity index (χ4v) is 4.26. The van der Waals surface area contributed by atoms with Gasteiger partial charge in [-0.2, -0.15) is 0 Å². The summed E-state index contributed by atoms with van der Waals surface area (Å²) in [6, 6.07) is 0. The van der Waals surface area contributed by atoms with Crippen LogP contribution in [0.1, 0.15) is 148 Å². The molecular formula is C32H56O2. The molecule has 0 amide bonds. The Morgan fingerprint density at radius 1 is 0.471 bits per heavy atom. The smallest absolute Gasteiger partial charge is 0.328 e. The SMILES string of the molecule is CCCCCCCCCCCCCCCCCCCCCCC\C=C/C=C\C=C/C=C\C(=O)O. The van der Waals surface area contributed by atoms with Crippen LogP contribution in [0.3, 0.4) is 0 Å². The number of unbranched alkanes of at least 4 members (excludes halogenated alkanes) is 21. The second-order valence-corrected chi connectivity index (χ2v) is 9.76. The first kappa shape index (κ1) is 32.4. The summed E-state index contributed by atoms with van der Waals surface area (Å²) in [6.45, 7) is 2.29. The largest absolute Gasteiger partial charge is 0.478 e. The minimum absolute atomic E-state index is 0.918. The van der Waals surface area contributed by atoms with Crippen LogP contribution in [0.4, 0.5) is 0 Å². The lowest BCUT2D eigenvalue weighted by Gasteiger charge is -2.04. The third-order valence-electron chi connectivity index (χ3n) is 6.40. The van der Waals surface area contributed by atoms with Gasteiger partial charge in [-0.3, -0.25) is 0 Å². The molecule has 0 aliphatic heterocycles. The number of carbonyl (C=O) groups is 1. The van der Waals surface area contributed by atoms with Crippen molar-refractivity contribution in [1.29, 1.82) is 0 Å². The molecule has 1 N–H and O–H groups in total. The van der Waals surface area contributed by atoms with Crippen molar-refractivity contribution in [3.63, 3.8) is 0 Å². The Hall–Kier alpha value is -1.57. The second-order valence-electron chi connectivity index (χ2n) is 9.76. The van der Waals surface area contributed by atoms with Crippen LogP contribution >= 0.6 is 0 Å². The number of rotatable bonds is 26. The molecule has 0 saturated carbocycles. The van der Waals surface area contributed by atoms with Gasteiger partial charge in [-0.25, -0.2) is 4.79 Å². The average molecular weight is 473 g/mol. The summed E-state index contributed by atoms with van der Waals surface area (Å²) in [7, 11) is 0. The van der Waals surface area contributed by atoms with Gasteiger partial charge in [-0.15, -0.1) is 0 Å². The monoisotopic (exact) mass is 472 g/mol. The van der Waals surface area contributed by atoms with E-state index in [1.54, 1.807) is 6.08 Å². The predicted octanol–water partition coefficient (Wildman–Crippen LogP) is 10.9. The van der Waals surface area contributed by atoms with Gasteiger partial charge in [0.05, 0.1) is 0 Å². The van der Waals surface area contributed by atoms with Gasteiger partial charge in [-0.1, -0.05) is 178 Å². The normalized spacial score (nSPS) is 12.3. The lowest BCUT2D eigenvalue weighted by atomic mass is 10.0. The van der Waals surface area contributed by atoms with Gasteiger partial charge < -0.3 is 5.11 Å². The highest BCUT2D eigenvalue weighted by Gasteiger charge is 1.95. The topological polar surface area (TPSA) is 37.3 Å². The highest BCUT2D eigenvalue weighted by Crippen LogP contribution is 2.15. The standard InChI is InChI=1S/C32H56O2/c1-2-3-4-5-6-7-8-9-10-11-12-13-14-15-16-17-18-19-20-21-22-23-24-25-26-27-28-29-30-31-32(33)34/h24-31H,2-23H2,1H3,(H,33,34)/b25-24-,27-26-,29-28-,31-30-. The maximum Gasteiger partial charge on any atom is 0.328 e. The zero-order chi connectivity index (χ0) is 24.8. The summed E-state index contributed by atoms with van der Waals surface area (Å²) in [5, 5.41) is 8.46. The summed E-state index contributed by atoms with van der Waals surface area (Å²) in [5.41, 5.74) is 0. The maximum absolute atomic E-state index is 10.3. The Kier molecular flexibility index (Phi) is 28.1. The Balaban J connectivity index is 3.18. The van der Waals surface area contributed by atoms with E-state index >= 15 is 0 Å². The molecule has 0 fully saturated rings. The van der Waals surface area contributed by atoms with Gasteiger partial charge in [0.2, 0.25) is 0 Å². The number of carboxylic acid groups (broad SMARTS) is 1. The van der Waals surface area contributed by atoms with Gasteiger partial charge in [0.1, 0.15) is 0 Å². The highest BCUT2D eigenvalue weighted by atomic mass is 16.4. The Morgan fingerprint density at radius 3 is 1.18 bits per heavy atom. The molecule has 196 valence electrons. The van der Waals surface area contributed by atoms with Crippen molar-refractivity contribution >= 4 is 5.97 Å². The van der Waals surface area contributed by atoms with Crippen molar-refractivity contribution in [2.75, 3.05) is 0 Å². The van der Waals surface area contributed by atoms with Crippen LogP contribution in [0.5, 0.6) is 0 Å². The van der Waals surface area contributed by atoms with Crippen LogP contribution in [0.25, 0.3) is 0 Å². The fraction of sp³-hybridized carbons (Fsp3) is 0.719. The van der Waals surface area contributed by atoms with Crippen molar-refractivity contribution in [3.05, 3.63) is 48.6 Å². The molecule has 0 atom stereocenters. The molecule has 0 aliphatic rings. The summed E-state index contributed by atoms with van der Waals surface area (Å²) in [5.74, 6) is -0.918. The van der Waals surface area contributed by atoms with E-state index < -0.39 is 5.97 Å². The Morgan fingerprint density at radius 2 is 0.794 bits per heavy atom. The van der Waals surface area contributed by atoms with E-state index in [9.17, 15) is 4.79 Å². The molecule has 2 nitrogen and oxygen atoms in total. The zero-order valence-electron chi connectivity index (χ0n) is 22.5. The predicted molar refractivity (Wildman–Crippen MR) is 151 cm³/mol. The fourth-order valence-electron chi connectivity index (χ4n) is 4.26. The molecule has 0 heterocycles. The molecule has 0 unspecified atom stereocenters. The number of carboxylic acids is 1. The number of hydrogen-bond donors (Lipinski definition) is 1. The van der Waals surface area contributed by atoms with Gasteiger partial charge in [0, 0.05) is 6.08 Å². The molecule has 2 heteroatoms. The first-order valence-corrected chi connectivity index (χ1v) is 14.7. The highest BCUT2D eigenvalue weighted by molar-refractivity contribution is 5.80. The maximum atomic E-state index is 10.3. The lowest BCUT2D eigenvalue weighted by Crippen LogP contribution is -1.84. The van der Waals surface area contributed by atoms with E-state index in [2.05, 4.69) is 19.1 Å². The Bertz CT molecular complexity index is 527. The van der Waals surface area contributed by atoms with Gasteiger partial charge in [0.25, 0.3) is 0 Å². The molecular weight excluding hydrogens is 416 g/mol. The van der Waals surface area contributed by atoms with Crippen LogP contribution in [0.15, 0.2) is 48.6 Å². The van der Waals surface area contributed by atoms with E-state index in [4.69, 9.17) is 5.11 Å². The number of hydrogen-bond acceptors (Lipinski definition) is 1. The second kappa shape index (κ2) is 29.5. The quantitative estimate of drug-likeness (QED) is 0.0772. The van der Waals surface area contributed by atoms with Crippen LogP contribution < -0.4 is 0 Å². The lowest BCUT2D eigenvalue weighted by molar-refractivity contribution is -0.131. The first-order valence-electron chi connectivity index (χ1n) is 14.7. The molecule has 0 aliphatic carbocycles.